The van der Waals surface area contributed by atoms with Gasteiger partial charge in [-0.05, 0) is 37.0 Å². The van der Waals surface area contributed by atoms with Crippen LogP contribution in [-0.4, -0.2) is 16.6 Å². The van der Waals surface area contributed by atoms with Gasteiger partial charge in [-0.3, -0.25) is 9.78 Å². The number of fused-ring (bicyclic) bond motifs is 1. The molecule has 0 amide bonds. The summed E-state index contributed by atoms with van der Waals surface area (Å²) in [5.41, 5.74) is 6.57. The van der Waals surface area contributed by atoms with Crippen LogP contribution in [-0.2, 0) is 0 Å². The van der Waals surface area contributed by atoms with Crippen molar-refractivity contribution in [3.8, 4) is 6.01 Å². The minimum absolute atomic E-state index is 0.215. The van der Waals surface area contributed by atoms with Crippen molar-refractivity contribution in [3.63, 3.8) is 0 Å². The number of aromatic amines is 1. The van der Waals surface area contributed by atoms with E-state index in [0.717, 1.165) is 0 Å². The lowest BCUT2D eigenvalue weighted by molar-refractivity contribution is 0.277. The van der Waals surface area contributed by atoms with Crippen molar-refractivity contribution in [1.82, 2.24) is 9.97 Å². The molecule has 3 N–H and O–H groups in total. The fourth-order valence-electron chi connectivity index (χ4n) is 1.68. The first-order valence-electron chi connectivity index (χ1n) is 5.65. The molecule has 1 saturated carbocycles. The summed E-state index contributed by atoms with van der Waals surface area (Å²) in [6.07, 6.45) is 2.41. The molecule has 17 heavy (non-hydrogen) atoms. The largest absolute Gasteiger partial charge is 0.464 e. The number of nitrogen functional groups attached to an aromatic ring is 1. The molecule has 1 aliphatic rings. The van der Waals surface area contributed by atoms with E-state index >= 15 is 0 Å². The van der Waals surface area contributed by atoms with Gasteiger partial charge in [-0.25, -0.2) is 0 Å². The van der Waals surface area contributed by atoms with Gasteiger partial charge in [0.1, 0.15) is 0 Å². The Kier molecular flexibility index (Phi) is 2.24. The van der Waals surface area contributed by atoms with Gasteiger partial charge in [-0.15, -0.1) is 0 Å². The molecule has 1 aromatic carbocycles. The smallest absolute Gasteiger partial charge is 0.297 e. The molecule has 1 fully saturated rings. The number of H-pyrrole nitrogens is 1. The van der Waals surface area contributed by atoms with Crippen LogP contribution in [0.15, 0.2) is 23.0 Å². The average molecular weight is 231 g/mol. The molecule has 3 rings (SSSR count). The second-order valence-corrected chi connectivity index (χ2v) is 4.40. The van der Waals surface area contributed by atoms with Crippen LogP contribution in [0.25, 0.3) is 10.9 Å². The van der Waals surface area contributed by atoms with Crippen LogP contribution in [0.2, 0.25) is 0 Å². The SMILES string of the molecule is Nc1ccc2nc(OCC3CC3)[nH]c(=O)c2c1. The number of aromatic nitrogens is 2. The maximum Gasteiger partial charge on any atom is 0.297 e. The summed E-state index contributed by atoms with van der Waals surface area (Å²) < 4.78 is 5.45. The maximum absolute atomic E-state index is 11.8. The topological polar surface area (TPSA) is 81.0 Å². The first kappa shape index (κ1) is 10.1. The lowest BCUT2D eigenvalue weighted by Gasteiger charge is -2.05. The van der Waals surface area contributed by atoms with Gasteiger partial charge < -0.3 is 10.5 Å². The van der Waals surface area contributed by atoms with E-state index in [0.29, 0.717) is 35.1 Å². The van der Waals surface area contributed by atoms with Crippen LogP contribution in [0.5, 0.6) is 6.01 Å². The zero-order chi connectivity index (χ0) is 11.8. The van der Waals surface area contributed by atoms with Gasteiger partial charge >= 0.3 is 0 Å². The van der Waals surface area contributed by atoms with Crippen molar-refractivity contribution in [1.29, 1.82) is 0 Å². The summed E-state index contributed by atoms with van der Waals surface area (Å²) in [4.78, 5) is 18.6. The molecule has 88 valence electrons. The second-order valence-electron chi connectivity index (χ2n) is 4.40. The molecule has 0 saturated heterocycles. The van der Waals surface area contributed by atoms with E-state index in [4.69, 9.17) is 10.5 Å². The molecular formula is C12H13N3O2. The average Bonchev–Trinajstić information content (AvgIpc) is 3.11. The molecule has 1 aromatic heterocycles. The van der Waals surface area contributed by atoms with Crippen LogP contribution in [0, 0.1) is 5.92 Å². The number of anilines is 1. The van der Waals surface area contributed by atoms with Gasteiger partial charge in [0.05, 0.1) is 17.5 Å². The van der Waals surface area contributed by atoms with Gasteiger partial charge in [-0.2, -0.15) is 4.98 Å². The Morgan fingerprint density at radius 2 is 2.29 bits per heavy atom. The van der Waals surface area contributed by atoms with Crippen LogP contribution in [0.1, 0.15) is 12.8 Å². The zero-order valence-corrected chi connectivity index (χ0v) is 9.27. The lowest BCUT2D eigenvalue weighted by Crippen LogP contribution is -2.12. The van der Waals surface area contributed by atoms with Gasteiger partial charge in [0.15, 0.2) is 0 Å². The molecule has 5 heteroatoms. The van der Waals surface area contributed by atoms with Crippen molar-refractivity contribution >= 4 is 16.6 Å². The summed E-state index contributed by atoms with van der Waals surface area (Å²) in [7, 11) is 0. The fraction of sp³-hybridized carbons (Fsp3) is 0.333. The summed E-state index contributed by atoms with van der Waals surface area (Å²) in [5.74, 6) is 0.627. The Balaban J connectivity index is 1.98. The molecule has 2 aromatic rings. The van der Waals surface area contributed by atoms with Gasteiger partial charge in [0.25, 0.3) is 11.6 Å². The fourth-order valence-corrected chi connectivity index (χ4v) is 1.68. The highest BCUT2D eigenvalue weighted by molar-refractivity contribution is 5.81. The highest BCUT2D eigenvalue weighted by Crippen LogP contribution is 2.28. The van der Waals surface area contributed by atoms with E-state index in [1.165, 1.54) is 12.8 Å². The van der Waals surface area contributed by atoms with Crippen molar-refractivity contribution in [2.75, 3.05) is 12.3 Å². The van der Waals surface area contributed by atoms with E-state index in [2.05, 4.69) is 9.97 Å². The standard InChI is InChI=1S/C12H13N3O2/c13-8-3-4-10-9(5-8)11(16)15-12(14-10)17-6-7-1-2-7/h3-5,7H,1-2,6,13H2,(H,14,15,16). The molecule has 0 bridgehead atoms. The number of nitrogens with one attached hydrogen (secondary N) is 1. The van der Waals surface area contributed by atoms with Crippen molar-refractivity contribution in [3.05, 3.63) is 28.6 Å². The van der Waals surface area contributed by atoms with Crippen molar-refractivity contribution in [2.24, 2.45) is 5.92 Å². The Morgan fingerprint density at radius 3 is 3.06 bits per heavy atom. The number of hydrogen-bond acceptors (Lipinski definition) is 4. The zero-order valence-electron chi connectivity index (χ0n) is 9.27. The molecular weight excluding hydrogens is 218 g/mol. The maximum atomic E-state index is 11.8. The van der Waals surface area contributed by atoms with Crippen LogP contribution in [0.3, 0.4) is 0 Å². The number of nitrogens with two attached hydrogens (primary N) is 1. The summed E-state index contributed by atoms with van der Waals surface area (Å²) in [5, 5.41) is 0.490. The van der Waals surface area contributed by atoms with Crippen molar-refractivity contribution in [2.45, 2.75) is 12.8 Å². The third kappa shape index (κ3) is 2.08. The highest BCUT2D eigenvalue weighted by atomic mass is 16.5. The third-order valence-electron chi connectivity index (χ3n) is 2.86. The predicted octanol–water partition coefficient (Wildman–Crippen LogP) is 1.29. The Labute approximate surface area is 97.6 Å². The molecule has 0 unspecified atom stereocenters. The van der Waals surface area contributed by atoms with E-state index in [-0.39, 0.29) is 5.56 Å². The van der Waals surface area contributed by atoms with Crippen LogP contribution >= 0.6 is 0 Å². The second kappa shape index (κ2) is 3.76. The predicted molar refractivity (Wildman–Crippen MR) is 65.0 cm³/mol. The minimum Gasteiger partial charge on any atom is -0.464 e. The summed E-state index contributed by atoms with van der Waals surface area (Å²) in [6.45, 7) is 0.628. The summed E-state index contributed by atoms with van der Waals surface area (Å²) in [6, 6.07) is 5.36. The summed E-state index contributed by atoms with van der Waals surface area (Å²) >= 11 is 0. The van der Waals surface area contributed by atoms with E-state index in [1.54, 1.807) is 18.2 Å². The molecule has 1 aliphatic carbocycles. The van der Waals surface area contributed by atoms with E-state index < -0.39 is 0 Å². The number of rotatable bonds is 3. The number of benzene rings is 1. The molecule has 5 nitrogen and oxygen atoms in total. The molecule has 1 heterocycles. The Morgan fingerprint density at radius 1 is 1.47 bits per heavy atom. The molecule has 0 atom stereocenters. The van der Waals surface area contributed by atoms with E-state index in [9.17, 15) is 4.79 Å². The quantitative estimate of drug-likeness (QED) is 0.780. The molecule has 0 spiro atoms. The minimum atomic E-state index is -0.215. The Bertz CT molecular complexity index is 617. The van der Waals surface area contributed by atoms with Gasteiger partial charge in [0, 0.05) is 5.69 Å². The van der Waals surface area contributed by atoms with Crippen LogP contribution < -0.4 is 16.0 Å². The van der Waals surface area contributed by atoms with Crippen molar-refractivity contribution < 1.29 is 4.74 Å². The van der Waals surface area contributed by atoms with Gasteiger partial charge in [0.2, 0.25) is 0 Å². The number of nitrogens with zero attached hydrogens (tertiary/aromatic N) is 1. The number of hydrogen-bond donors (Lipinski definition) is 2. The third-order valence-corrected chi connectivity index (χ3v) is 2.86. The van der Waals surface area contributed by atoms with E-state index in [1.807, 2.05) is 0 Å². The molecule has 0 aliphatic heterocycles. The van der Waals surface area contributed by atoms with Gasteiger partial charge in [-0.1, -0.05) is 0 Å². The number of ether oxygens (including phenoxy) is 1. The first-order valence-corrected chi connectivity index (χ1v) is 5.65. The normalized spacial score (nSPS) is 15.1. The lowest BCUT2D eigenvalue weighted by atomic mass is 10.2. The van der Waals surface area contributed by atoms with Crippen LogP contribution in [0.4, 0.5) is 5.69 Å². The molecule has 0 radical (unpaired) electrons. The monoisotopic (exact) mass is 231 g/mol. The first-order chi connectivity index (χ1) is 8.22. The highest BCUT2D eigenvalue weighted by Gasteiger charge is 2.22. The Hall–Kier alpha value is -2.04.